The SMILES string of the molecule is COc1cc(C)c(S(=O)(=O)N(C)CCOCC(=O)CCc2ccc(CN3CCCC3)cc2)c(C)c1. The van der Waals surface area contributed by atoms with Crippen LogP contribution in [0.5, 0.6) is 5.75 Å². The predicted molar refractivity (Wildman–Crippen MR) is 137 cm³/mol. The molecule has 0 unspecified atom stereocenters. The van der Waals surface area contributed by atoms with Crippen molar-refractivity contribution in [2.75, 3.05) is 47.0 Å². The summed E-state index contributed by atoms with van der Waals surface area (Å²) in [5, 5.41) is 0. The van der Waals surface area contributed by atoms with Gasteiger partial charge in [0, 0.05) is 26.6 Å². The molecule has 2 aromatic rings. The van der Waals surface area contributed by atoms with Crippen LogP contribution in [-0.4, -0.2) is 70.4 Å². The minimum Gasteiger partial charge on any atom is -0.497 e. The Bertz CT molecular complexity index is 1070. The predicted octanol–water partition coefficient (Wildman–Crippen LogP) is 3.75. The second-order valence-corrected chi connectivity index (χ2v) is 11.3. The average molecular weight is 503 g/mol. The number of benzene rings is 2. The number of likely N-dealkylation sites (N-methyl/N-ethyl adjacent to an activating group) is 1. The summed E-state index contributed by atoms with van der Waals surface area (Å²) in [6, 6.07) is 11.9. The van der Waals surface area contributed by atoms with Gasteiger partial charge in [0.1, 0.15) is 12.4 Å². The van der Waals surface area contributed by atoms with E-state index >= 15 is 0 Å². The number of nitrogens with zero attached hydrogens (tertiary/aromatic N) is 2. The van der Waals surface area contributed by atoms with Crippen molar-refractivity contribution in [1.82, 2.24) is 9.21 Å². The second kappa shape index (κ2) is 12.6. The number of ketones is 1. The van der Waals surface area contributed by atoms with Crippen molar-refractivity contribution in [2.24, 2.45) is 0 Å². The van der Waals surface area contributed by atoms with Gasteiger partial charge in [-0.25, -0.2) is 8.42 Å². The summed E-state index contributed by atoms with van der Waals surface area (Å²) >= 11 is 0. The van der Waals surface area contributed by atoms with Crippen LogP contribution in [0.1, 0.15) is 41.5 Å². The first kappa shape index (κ1) is 27.3. The van der Waals surface area contributed by atoms with Crippen LogP contribution in [0.2, 0.25) is 0 Å². The Balaban J connectivity index is 1.39. The number of hydrogen-bond donors (Lipinski definition) is 0. The molecule has 2 aromatic carbocycles. The summed E-state index contributed by atoms with van der Waals surface area (Å²) < 4.78 is 38.1. The average Bonchev–Trinajstić information content (AvgIpc) is 3.33. The molecule has 1 aliphatic heterocycles. The standard InChI is InChI=1S/C27H38N2O5S/c1-21-17-26(33-4)18-22(2)27(21)35(31,32)28(3)15-16-34-20-25(30)12-11-23-7-9-24(10-8-23)19-29-13-5-6-14-29/h7-10,17-18H,5-6,11-16,19-20H2,1-4H3. The van der Waals surface area contributed by atoms with Gasteiger partial charge in [0.05, 0.1) is 18.6 Å². The normalized spacial score (nSPS) is 14.5. The second-order valence-electron chi connectivity index (χ2n) is 9.31. The third kappa shape index (κ3) is 7.61. The van der Waals surface area contributed by atoms with E-state index in [0.29, 0.717) is 29.7 Å². The smallest absolute Gasteiger partial charge is 0.243 e. The number of likely N-dealkylation sites (tertiary alicyclic amines) is 1. The number of carbonyl (C=O) groups is 1. The number of sulfonamides is 1. The molecule has 0 bridgehead atoms. The van der Waals surface area contributed by atoms with Crippen molar-refractivity contribution in [1.29, 1.82) is 0 Å². The molecule has 3 rings (SSSR count). The Hall–Kier alpha value is -2.26. The van der Waals surface area contributed by atoms with Crippen LogP contribution >= 0.6 is 0 Å². The highest BCUT2D eigenvalue weighted by Gasteiger charge is 2.25. The van der Waals surface area contributed by atoms with Gasteiger partial charge >= 0.3 is 0 Å². The molecule has 1 aliphatic rings. The van der Waals surface area contributed by atoms with Gasteiger partial charge in [-0.1, -0.05) is 24.3 Å². The van der Waals surface area contributed by atoms with E-state index < -0.39 is 10.0 Å². The van der Waals surface area contributed by atoms with E-state index in [4.69, 9.17) is 9.47 Å². The summed E-state index contributed by atoms with van der Waals surface area (Å²) in [4.78, 5) is 15.0. The van der Waals surface area contributed by atoms with Gasteiger partial charge in [0.15, 0.2) is 5.78 Å². The molecule has 0 spiro atoms. The lowest BCUT2D eigenvalue weighted by molar-refractivity contribution is -0.123. The quantitative estimate of drug-likeness (QED) is 0.389. The summed E-state index contributed by atoms with van der Waals surface area (Å²) in [6.45, 7) is 7.17. The van der Waals surface area contributed by atoms with Gasteiger partial charge in [-0.05, 0) is 80.6 Å². The number of ether oxygens (including phenoxy) is 2. The number of methoxy groups -OCH3 is 1. The zero-order chi connectivity index (χ0) is 25.4. The molecule has 1 saturated heterocycles. The lowest BCUT2D eigenvalue weighted by Gasteiger charge is -2.20. The molecule has 35 heavy (non-hydrogen) atoms. The molecule has 0 N–H and O–H groups in total. The van der Waals surface area contributed by atoms with Crippen LogP contribution in [0.3, 0.4) is 0 Å². The van der Waals surface area contributed by atoms with Crippen molar-refractivity contribution >= 4 is 15.8 Å². The fourth-order valence-corrected chi connectivity index (χ4v) is 6.01. The first-order valence-corrected chi connectivity index (χ1v) is 13.7. The minimum absolute atomic E-state index is 0.0124. The Kier molecular flexibility index (Phi) is 9.86. The summed E-state index contributed by atoms with van der Waals surface area (Å²) in [7, 11) is -0.594. The Morgan fingerprint density at radius 2 is 1.63 bits per heavy atom. The van der Waals surface area contributed by atoms with E-state index in [-0.39, 0.29) is 30.4 Å². The minimum atomic E-state index is -3.67. The molecular weight excluding hydrogens is 464 g/mol. The highest BCUT2D eigenvalue weighted by molar-refractivity contribution is 7.89. The molecule has 8 heteroatoms. The fourth-order valence-electron chi connectivity index (χ4n) is 4.46. The molecule has 0 aliphatic carbocycles. The van der Waals surface area contributed by atoms with Crippen LogP contribution in [0.15, 0.2) is 41.3 Å². The maximum Gasteiger partial charge on any atom is 0.243 e. The first-order chi connectivity index (χ1) is 16.7. The summed E-state index contributed by atoms with van der Waals surface area (Å²) in [6.07, 6.45) is 3.66. The van der Waals surface area contributed by atoms with Crippen LogP contribution < -0.4 is 4.74 Å². The molecule has 192 valence electrons. The lowest BCUT2D eigenvalue weighted by atomic mass is 10.1. The molecule has 0 atom stereocenters. The monoisotopic (exact) mass is 502 g/mol. The summed E-state index contributed by atoms with van der Waals surface area (Å²) in [5.74, 6) is 0.639. The molecule has 7 nitrogen and oxygen atoms in total. The van der Waals surface area contributed by atoms with Gasteiger partial charge in [-0.15, -0.1) is 0 Å². The van der Waals surface area contributed by atoms with E-state index in [1.165, 1.54) is 42.8 Å². The fraction of sp³-hybridized carbons (Fsp3) is 0.519. The lowest BCUT2D eigenvalue weighted by Crippen LogP contribution is -2.31. The Morgan fingerprint density at radius 1 is 1.03 bits per heavy atom. The molecule has 0 radical (unpaired) electrons. The third-order valence-corrected chi connectivity index (χ3v) is 8.63. The Labute approximate surface area is 210 Å². The van der Waals surface area contributed by atoms with E-state index in [1.54, 1.807) is 33.1 Å². The topological polar surface area (TPSA) is 76.1 Å². The van der Waals surface area contributed by atoms with E-state index in [2.05, 4.69) is 29.2 Å². The van der Waals surface area contributed by atoms with Gasteiger partial charge < -0.3 is 9.47 Å². The first-order valence-electron chi connectivity index (χ1n) is 12.2. The zero-order valence-electron chi connectivity index (χ0n) is 21.4. The van der Waals surface area contributed by atoms with E-state index in [9.17, 15) is 13.2 Å². The van der Waals surface area contributed by atoms with Crippen molar-refractivity contribution in [3.8, 4) is 5.75 Å². The van der Waals surface area contributed by atoms with Crippen molar-refractivity contribution < 1.29 is 22.7 Å². The number of rotatable bonds is 13. The van der Waals surface area contributed by atoms with E-state index in [1.807, 2.05) is 0 Å². The maximum atomic E-state index is 13.0. The molecule has 0 aromatic heterocycles. The van der Waals surface area contributed by atoms with Crippen molar-refractivity contribution in [3.63, 3.8) is 0 Å². The van der Waals surface area contributed by atoms with Crippen molar-refractivity contribution in [2.45, 2.75) is 51.0 Å². The van der Waals surface area contributed by atoms with Crippen LogP contribution in [0.4, 0.5) is 0 Å². The Morgan fingerprint density at radius 3 is 2.23 bits per heavy atom. The van der Waals surface area contributed by atoms with Gasteiger partial charge in [0.25, 0.3) is 0 Å². The molecule has 1 fully saturated rings. The van der Waals surface area contributed by atoms with Crippen LogP contribution in [-0.2, 0) is 32.5 Å². The number of hydrogen-bond acceptors (Lipinski definition) is 6. The largest absolute Gasteiger partial charge is 0.497 e. The molecular formula is C27H38N2O5S. The molecule has 0 saturated carbocycles. The van der Waals surface area contributed by atoms with E-state index in [0.717, 1.165) is 12.1 Å². The van der Waals surface area contributed by atoms with Crippen molar-refractivity contribution in [3.05, 3.63) is 58.7 Å². The molecule has 0 amide bonds. The zero-order valence-corrected chi connectivity index (χ0v) is 22.2. The van der Waals surface area contributed by atoms with Gasteiger partial charge in [-0.3, -0.25) is 9.69 Å². The number of carbonyl (C=O) groups excluding carboxylic acids is 1. The number of Topliss-reactive ketones (excluding diaryl/α,β-unsaturated/α-hetero) is 1. The molecule has 1 heterocycles. The summed E-state index contributed by atoms with van der Waals surface area (Å²) in [5.41, 5.74) is 3.71. The van der Waals surface area contributed by atoms with Gasteiger partial charge in [0.2, 0.25) is 10.0 Å². The maximum absolute atomic E-state index is 13.0. The van der Waals surface area contributed by atoms with Crippen LogP contribution in [0, 0.1) is 13.8 Å². The third-order valence-electron chi connectivity index (χ3n) is 6.47. The van der Waals surface area contributed by atoms with Crippen LogP contribution in [0.25, 0.3) is 0 Å². The number of aryl methyl sites for hydroxylation is 3. The highest BCUT2D eigenvalue weighted by Crippen LogP contribution is 2.27. The van der Waals surface area contributed by atoms with Gasteiger partial charge in [-0.2, -0.15) is 4.31 Å². The highest BCUT2D eigenvalue weighted by atomic mass is 32.2.